The van der Waals surface area contributed by atoms with Crippen LogP contribution in [-0.4, -0.2) is 17.0 Å². The molecule has 1 unspecified atom stereocenters. The third-order valence-electron chi connectivity index (χ3n) is 5.13. The van der Waals surface area contributed by atoms with Gasteiger partial charge in [0, 0.05) is 36.0 Å². The Morgan fingerprint density at radius 1 is 1.21 bits per heavy atom. The molecule has 0 radical (unpaired) electrons. The van der Waals surface area contributed by atoms with E-state index in [-0.39, 0.29) is 17.3 Å². The first kappa shape index (κ1) is 16.0. The van der Waals surface area contributed by atoms with Gasteiger partial charge in [-0.3, -0.25) is 14.5 Å². The fourth-order valence-electron chi connectivity index (χ4n) is 4.05. The van der Waals surface area contributed by atoms with Crippen molar-refractivity contribution >= 4 is 45.8 Å². The molecule has 1 atom stereocenters. The van der Waals surface area contributed by atoms with Gasteiger partial charge in [0.2, 0.25) is 5.91 Å². The molecule has 3 heterocycles. The van der Waals surface area contributed by atoms with Gasteiger partial charge < -0.3 is 4.57 Å². The summed E-state index contributed by atoms with van der Waals surface area (Å²) < 4.78 is 2.04. The highest BCUT2D eigenvalue weighted by Gasteiger charge is 2.39. The van der Waals surface area contributed by atoms with Crippen molar-refractivity contribution in [1.82, 2.24) is 4.57 Å². The number of halogens is 2. The number of hydrogen-bond donors (Lipinski definition) is 0. The van der Waals surface area contributed by atoms with Crippen LogP contribution < -0.4 is 10.3 Å². The van der Waals surface area contributed by atoms with E-state index >= 15 is 0 Å². The highest BCUT2D eigenvalue weighted by atomic mass is 35.5. The summed E-state index contributed by atoms with van der Waals surface area (Å²) in [4.78, 5) is 27.5. The molecule has 4 nitrogen and oxygen atoms in total. The quantitative estimate of drug-likeness (QED) is 0.812. The molecule has 0 saturated carbocycles. The lowest BCUT2D eigenvalue weighted by Gasteiger charge is -2.31. The van der Waals surface area contributed by atoms with E-state index in [0.717, 1.165) is 36.2 Å². The summed E-state index contributed by atoms with van der Waals surface area (Å²) in [5.74, 6) is 0.863. The number of unbranched alkanes of at least 4 members (excludes halogenated alkanes) is 1. The molecular formula is C18H18Cl2N2O2. The van der Waals surface area contributed by atoms with E-state index in [1.54, 1.807) is 17.0 Å². The lowest BCUT2D eigenvalue weighted by atomic mass is 9.86. The van der Waals surface area contributed by atoms with Crippen molar-refractivity contribution in [3.05, 3.63) is 38.0 Å². The van der Waals surface area contributed by atoms with E-state index in [4.69, 9.17) is 23.2 Å². The first-order valence-electron chi connectivity index (χ1n) is 8.38. The predicted molar refractivity (Wildman–Crippen MR) is 97.5 cm³/mol. The van der Waals surface area contributed by atoms with Gasteiger partial charge in [-0.1, -0.05) is 43.0 Å². The molecule has 0 N–H and O–H groups in total. The van der Waals surface area contributed by atoms with Crippen LogP contribution in [0.15, 0.2) is 16.9 Å². The average molecular weight is 365 g/mol. The smallest absolute Gasteiger partial charge is 0.228 e. The summed E-state index contributed by atoms with van der Waals surface area (Å²) in [6.45, 7) is 3.39. The molecule has 126 valence electrons. The van der Waals surface area contributed by atoms with Crippen LogP contribution in [0.5, 0.6) is 0 Å². The number of hydrogen-bond acceptors (Lipinski definition) is 2. The van der Waals surface area contributed by atoms with Crippen LogP contribution in [0.2, 0.25) is 10.0 Å². The second-order valence-corrected chi connectivity index (χ2v) is 7.43. The molecule has 4 rings (SSSR count). The van der Waals surface area contributed by atoms with Gasteiger partial charge in [0.15, 0.2) is 5.43 Å². The Morgan fingerprint density at radius 2 is 2.00 bits per heavy atom. The molecule has 0 saturated heterocycles. The van der Waals surface area contributed by atoms with Gasteiger partial charge in [-0.15, -0.1) is 0 Å². The number of amides is 1. The zero-order valence-corrected chi connectivity index (χ0v) is 15.0. The van der Waals surface area contributed by atoms with Crippen molar-refractivity contribution in [3.63, 3.8) is 0 Å². The second kappa shape index (κ2) is 5.78. The average Bonchev–Trinajstić information content (AvgIpc) is 2.97. The lowest BCUT2D eigenvalue weighted by Crippen LogP contribution is -2.37. The Morgan fingerprint density at radius 3 is 2.75 bits per heavy atom. The standard InChI is InChI=1S/C18H18Cl2N2O2/c1-2-3-4-10-7-14(23)22-6-5-21-13-9-11(19)8-12(20)16(13)17(24)15(10)18(21)22/h8-10H,2-7H2,1H3. The molecule has 0 fully saturated rings. The minimum atomic E-state index is -0.0431. The largest absolute Gasteiger partial charge is 0.325 e. The zero-order chi connectivity index (χ0) is 17.0. The Balaban J connectivity index is 2.07. The van der Waals surface area contributed by atoms with Crippen LogP contribution in [0.4, 0.5) is 5.82 Å². The Bertz CT molecular complexity index is 920. The van der Waals surface area contributed by atoms with Crippen molar-refractivity contribution in [1.29, 1.82) is 0 Å². The van der Waals surface area contributed by atoms with E-state index in [0.29, 0.717) is 34.9 Å². The van der Waals surface area contributed by atoms with Crippen LogP contribution >= 0.6 is 23.2 Å². The molecule has 2 aliphatic heterocycles. The minimum Gasteiger partial charge on any atom is -0.325 e. The molecule has 0 spiro atoms. The SMILES string of the molecule is CCCCC1CC(=O)N2CCn3c2c1c(=O)c1c(Cl)cc(Cl)cc13. The van der Waals surface area contributed by atoms with Gasteiger partial charge in [-0.05, 0) is 18.6 Å². The Kier molecular flexibility index (Phi) is 3.85. The van der Waals surface area contributed by atoms with Gasteiger partial charge in [0.05, 0.1) is 15.9 Å². The molecule has 24 heavy (non-hydrogen) atoms. The summed E-state index contributed by atoms with van der Waals surface area (Å²) in [6.07, 6.45) is 3.32. The fraction of sp³-hybridized carbons (Fsp3) is 0.444. The van der Waals surface area contributed by atoms with Crippen LogP contribution in [0.3, 0.4) is 0 Å². The van der Waals surface area contributed by atoms with Crippen molar-refractivity contribution < 1.29 is 4.79 Å². The first-order valence-corrected chi connectivity index (χ1v) is 9.14. The predicted octanol–water partition coefficient (Wildman–Crippen LogP) is 4.33. The number of benzene rings is 1. The lowest BCUT2D eigenvalue weighted by molar-refractivity contribution is -0.119. The van der Waals surface area contributed by atoms with E-state index < -0.39 is 0 Å². The number of carbonyl (C=O) groups excluding carboxylic acids is 1. The van der Waals surface area contributed by atoms with E-state index in [1.807, 2.05) is 4.57 Å². The molecule has 0 bridgehead atoms. The maximum absolute atomic E-state index is 13.2. The molecule has 1 amide bonds. The summed E-state index contributed by atoms with van der Waals surface area (Å²) in [5, 5.41) is 1.41. The minimum absolute atomic E-state index is 0.0169. The number of nitrogens with zero attached hydrogens (tertiary/aromatic N) is 2. The monoisotopic (exact) mass is 364 g/mol. The number of fused-ring (bicyclic) bond motifs is 2. The summed E-state index contributed by atoms with van der Waals surface area (Å²) in [5.41, 5.74) is 1.44. The van der Waals surface area contributed by atoms with Gasteiger partial charge in [-0.2, -0.15) is 0 Å². The third-order valence-corrected chi connectivity index (χ3v) is 5.65. The summed E-state index contributed by atoms with van der Waals surface area (Å²) >= 11 is 12.5. The van der Waals surface area contributed by atoms with Crippen LogP contribution in [0, 0.1) is 0 Å². The van der Waals surface area contributed by atoms with Crippen molar-refractivity contribution in [2.24, 2.45) is 0 Å². The van der Waals surface area contributed by atoms with Gasteiger partial charge in [-0.25, -0.2) is 0 Å². The first-order chi connectivity index (χ1) is 11.5. The van der Waals surface area contributed by atoms with Crippen LogP contribution in [-0.2, 0) is 11.3 Å². The normalized spacial score (nSPS) is 19.2. The van der Waals surface area contributed by atoms with Gasteiger partial charge in [0.25, 0.3) is 0 Å². The molecule has 2 aromatic rings. The van der Waals surface area contributed by atoms with Crippen molar-refractivity contribution in [2.75, 3.05) is 11.4 Å². The Labute approximate surface area is 150 Å². The summed E-state index contributed by atoms with van der Waals surface area (Å²) in [6, 6.07) is 3.39. The van der Waals surface area contributed by atoms with E-state index in [2.05, 4.69) is 6.92 Å². The zero-order valence-electron chi connectivity index (χ0n) is 13.4. The van der Waals surface area contributed by atoms with Gasteiger partial charge in [0.1, 0.15) is 5.82 Å². The maximum atomic E-state index is 13.2. The molecule has 1 aromatic carbocycles. The molecule has 2 aliphatic rings. The molecule has 6 heteroatoms. The van der Waals surface area contributed by atoms with Crippen LogP contribution in [0.25, 0.3) is 10.9 Å². The highest BCUT2D eigenvalue weighted by Crippen LogP contribution is 2.42. The number of carbonyl (C=O) groups is 1. The highest BCUT2D eigenvalue weighted by molar-refractivity contribution is 6.38. The maximum Gasteiger partial charge on any atom is 0.228 e. The topological polar surface area (TPSA) is 42.3 Å². The number of pyridine rings is 1. The third kappa shape index (κ3) is 2.20. The number of anilines is 1. The molecule has 0 aliphatic carbocycles. The number of rotatable bonds is 3. The molecule has 1 aromatic heterocycles. The van der Waals surface area contributed by atoms with Gasteiger partial charge >= 0.3 is 0 Å². The second-order valence-electron chi connectivity index (χ2n) is 6.59. The summed E-state index contributed by atoms with van der Waals surface area (Å²) in [7, 11) is 0. The van der Waals surface area contributed by atoms with Crippen molar-refractivity contribution in [2.45, 2.75) is 45.1 Å². The van der Waals surface area contributed by atoms with E-state index in [1.165, 1.54) is 0 Å². The fourth-order valence-corrected chi connectivity index (χ4v) is 4.62. The number of aromatic nitrogens is 1. The Hall–Kier alpha value is -1.52. The van der Waals surface area contributed by atoms with E-state index in [9.17, 15) is 9.59 Å². The van der Waals surface area contributed by atoms with Crippen LogP contribution in [0.1, 0.15) is 44.1 Å². The van der Waals surface area contributed by atoms with Crippen molar-refractivity contribution in [3.8, 4) is 0 Å². The molecular weight excluding hydrogens is 347 g/mol.